The third-order valence-corrected chi connectivity index (χ3v) is 5.47. The Hall–Kier alpha value is -3.30. The maximum atomic E-state index is 10.1. The fourth-order valence-corrected chi connectivity index (χ4v) is 4.00. The van der Waals surface area contributed by atoms with Crippen LogP contribution in [0.3, 0.4) is 0 Å². The summed E-state index contributed by atoms with van der Waals surface area (Å²) in [6, 6.07) is 20.2. The fourth-order valence-electron chi connectivity index (χ4n) is 3.62. The van der Waals surface area contributed by atoms with E-state index in [4.69, 9.17) is 9.47 Å². The number of methoxy groups -OCH3 is 1. The highest BCUT2D eigenvalue weighted by Gasteiger charge is 2.33. The molecule has 0 aromatic heterocycles. The number of ether oxygens (including phenoxy) is 2. The number of nitriles is 1. The maximum Gasteiger partial charge on any atom is 0.235 e. The van der Waals surface area contributed by atoms with Crippen molar-refractivity contribution in [2.75, 3.05) is 21.2 Å². The number of nitrogens with zero attached hydrogens (tertiary/aromatic N) is 3. The average molecular weight is 462 g/mol. The van der Waals surface area contributed by atoms with Crippen molar-refractivity contribution in [2.45, 2.75) is 5.92 Å². The summed E-state index contributed by atoms with van der Waals surface area (Å²) >= 11 is 3.54. The van der Waals surface area contributed by atoms with E-state index >= 15 is 0 Å². The highest BCUT2D eigenvalue weighted by atomic mass is 79.9. The number of hydrogen-bond acceptors (Lipinski definition) is 4. The van der Waals surface area contributed by atoms with Gasteiger partial charge in [0, 0.05) is 24.1 Å². The zero-order valence-electron chi connectivity index (χ0n) is 16.9. The zero-order valence-corrected chi connectivity index (χ0v) is 18.5. The van der Waals surface area contributed by atoms with Crippen LogP contribution < -0.4 is 9.47 Å². The van der Waals surface area contributed by atoms with Gasteiger partial charge in [0.1, 0.15) is 23.1 Å². The van der Waals surface area contributed by atoms with Crippen LogP contribution in [0.5, 0.6) is 11.5 Å². The van der Waals surface area contributed by atoms with Gasteiger partial charge in [0.25, 0.3) is 0 Å². The number of rotatable bonds is 4. The molecule has 0 fully saturated rings. The fraction of sp³-hybridized carbons (Fsp3) is 0.167. The summed E-state index contributed by atoms with van der Waals surface area (Å²) in [4.78, 5) is 6.25. The van der Waals surface area contributed by atoms with Gasteiger partial charge in [-0.1, -0.05) is 40.2 Å². The van der Waals surface area contributed by atoms with Crippen LogP contribution in [0.15, 0.2) is 75.5 Å². The van der Waals surface area contributed by atoms with Crippen LogP contribution in [-0.2, 0) is 0 Å². The van der Waals surface area contributed by atoms with Gasteiger partial charge in [0.05, 0.1) is 19.4 Å². The van der Waals surface area contributed by atoms with Crippen LogP contribution in [-0.4, -0.2) is 32.4 Å². The van der Waals surface area contributed by atoms with Crippen LogP contribution in [0.25, 0.3) is 10.8 Å². The summed E-state index contributed by atoms with van der Waals surface area (Å²) in [5.74, 6) is 1.48. The van der Waals surface area contributed by atoms with Gasteiger partial charge in [-0.25, -0.2) is 4.99 Å². The molecule has 0 bridgehead atoms. The lowest BCUT2D eigenvalue weighted by Gasteiger charge is -2.28. The van der Waals surface area contributed by atoms with Crippen molar-refractivity contribution in [1.29, 1.82) is 5.26 Å². The van der Waals surface area contributed by atoms with Gasteiger partial charge in [-0.2, -0.15) is 5.26 Å². The maximum absolute atomic E-state index is 10.1. The van der Waals surface area contributed by atoms with Crippen molar-refractivity contribution in [3.8, 4) is 17.6 Å². The van der Waals surface area contributed by atoms with E-state index in [1.165, 1.54) is 0 Å². The molecule has 30 heavy (non-hydrogen) atoms. The summed E-state index contributed by atoms with van der Waals surface area (Å²) in [6.45, 7) is 0. The third kappa shape index (κ3) is 3.64. The molecule has 0 radical (unpaired) electrons. The molecule has 0 saturated carbocycles. The lowest BCUT2D eigenvalue weighted by molar-refractivity contribution is 0.394. The number of allylic oxidation sites excluding steroid dienone is 1. The number of hydrogen-bond donors (Lipinski definition) is 0. The van der Waals surface area contributed by atoms with E-state index in [-0.39, 0.29) is 5.92 Å². The Morgan fingerprint density at radius 2 is 1.90 bits per heavy atom. The standard InChI is InChI=1S/C24H20BrN3O2/c1-28(2)14-27-24-20(13-26)22(15-4-8-18(29-3)9-5-15)23-19-10-7-17(25)12-16(19)6-11-21(23)30-24/h4-12,14,22H,1-3H3/b27-14+. The molecule has 3 aromatic rings. The van der Waals surface area contributed by atoms with Crippen molar-refractivity contribution in [1.82, 2.24) is 4.90 Å². The topological polar surface area (TPSA) is 57.8 Å². The Kier molecular flexibility index (Phi) is 5.47. The second-order valence-electron chi connectivity index (χ2n) is 7.19. The molecule has 1 aliphatic heterocycles. The van der Waals surface area contributed by atoms with E-state index in [2.05, 4.69) is 39.1 Å². The monoisotopic (exact) mass is 461 g/mol. The van der Waals surface area contributed by atoms with E-state index in [1.807, 2.05) is 56.6 Å². The third-order valence-electron chi connectivity index (χ3n) is 4.97. The molecule has 6 heteroatoms. The molecular weight excluding hydrogens is 442 g/mol. The minimum Gasteiger partial charge on any atom is -0.497 e. The number of benzene rings is 3. The normalized spacial score (nSPS) is 15.6. The first-order chi connectivity index (χ1) is 14.5. The Labute approximate surface area is 184 Å². The predicted molar refractivity (Wildman–Crippen MR) is 122 cm³/mol. The summed E-state index contributed by atoms with van der Waals surface area (Å²) < 4.78 is 12.4. The van der Waals surface area contributed by atoms with Gasteiger partial charge in [-0.3, -0.25) is 0 Å². The molecule has 1 atom stereocenters. The Morgan fingerprint density at radius 3 is 2.57 bits per heavy atom. The van der Waals surface area contributed by atoms with Crippen molar-refractivity contribution in [2.24, 2.45) is 4.99 Å². The van der Waals surface area contributed by atoms with Crippen LogP contribution in [0, 0.1) is 11.3 Å². The number of fused-ring (bicyclic) bond motifs is 3. The van der Waals surface area contributed by atoms with Gasteiger partial charge >= 0.3 is 0 Å². The molecule has 1 aliphatic rings. The number of aliphatic imine (C=N–C) groups is 1. The Morgan fingerprint density at radius 1 is 1.13 bits per heavy atom. The van der Waals surface area contributed by atoms with Crippen molar-refractivity contribution < 1.29 is 9.47 Å². The number of halogens is 1. The molecule has 0 saturated heterocycles. The molecule has 1 unspecified atom stereocenters. The predicted octanol–water partition coefficient (Wildman–Crippen LogP) is 5.46. The van der Waals surface area contributed by atoms with Gasteiger partial charge in [-0.15, -0.1) is 0 Å². The molecule has 0 spiro atoms. The van der Waals surface area contributed by atoms with Gasteiger partial charge in [-0.05, 0) is 46.7 Å². The average Bonchev–Trinajstić information content (AvgIpc) is 2.76. The second kappa shape index (κ2) is 8.21. The molecule has 0 amide bonds. The molecule has 4 rings (SSSR count). The molecule has 1 heterocycles. The lowest BCUT2D eigenvalue weighted by atomic mass is 9.81. The van der Waals surface area contributed by atoms with E-state index < -0.39 is 0 Å². The van der Waals surface area contributed by atoms with Crippen molar-refractivity contribution >= 4 is 33.0 Å². The van der Waals surface area contributed by atoms with Crippen LogP contribution >= 0.6 is 15.9 Å². The molecule has 5 nitrogen and oxygen atoms in total. The summed E-state index contributed by atoms with van der Waals surface area (Å²) in [5.41, 5.74) is 2.41. The SMILES string of the molecule is COc1ccc(C2C(C#N)=C(/N=C/N(C)C)Oc3ccc4cc(Br)ccc4c32)cc1. The Balaban J connectivity index is 1.99. The lowest BCUT2D eigenvalue weighted by Crippen LogP contribution is -2.17. The summed E-state index contributed by atoms with van der Waals surface area (Å²) in [7, 11) is 5.39. The first kappa shape index (κ1) is 20.0. The van der Waals surface area contributed by atoms with Crippen LogP contribution in [0.1, 0.15) is 17.0 Å². The van der Waals surface area contributed by atoms with Crippen LogP contribution in [0.2, 0.25) is 0 Å². The van der Waals surface area contributed by atoms with E-state index in [0.29, 0.717) is 17.2 Å². The highest BCUT2D eigenvalue weighted by molar-refractivity contribution is 9.10. The minimum absolute atomic E-state index is 0.302. The first-order valence-electron chi connectivity index (χ1n) is 9.40. The minimum atomic E-state index is -0.302. The zero-order chi connectivity index (χ0) is 21.3. The molecular formula is C24H20BrN3O2. The summed E-state index contributed by atoms with van der Waals surface area (Å²) in [5, 5.41) is 12.2. The molecule has 0 N–H and O–H groups in total. The highest BCUT2D eigenvalue weighted by Crippen LogP contribution is 2.47. The smallest absolute Gasteiger partial charge is 0.235 e. The van der Waals surface area contributed by atoms with E-state index in [9.17, 15) is 5.26 Å². The van der Waals surface area contributed by atoms with Gasteiger partial charge in [0.2, 0.25) is 5.88 Å². The summed E-state index contributed by atoms with van der Waals surface area (Å²) in [6.07, 6.45) is 1.64. The Bertz CT molecular complexity index is 1210. The largest absolute Gasteiger partial charge is 0.497 e. The van der Waals surface area contributed by atoms with Crippen molar-refractivity contribution in [3.05, 3.63) is 81.7 Å². The first-order valence-corrected chi connectivity index (χ1v) is 10.2. The van der Waals surface area contributed by atoms with Crippen LogP contribution in [0.4, 0.5) is 0 Å². The van der Waals surface area contributed by atoms with Gasteiger partial charge < -0.3 is 14.4 Å². The quantitative estimate of drug-likeness (QED) is 0.382. The van der Waals surface area contributed by atoms with E-state index in [1.54, 1.807) is 18.3 Å². The molecule has 0 aliphatic carbocycles. The molecule has 3 aromatic carbocycles. The van der Waals surface area contributed by atoms with Gasteiger partial charge in [0.15, 0.2) is 0 Å². The molecule has 150 valence electrons. The van der Waals surface area contributed by atoms with Crippen molar-refractivity contribution in [3.63, 3.8) is 0 Å². The van der Waals surface area contributed by atoms with E-state index in [0.717, 1.165) is 32.1 Å². The second-order valence-corrected chi connectivity index (χ2v) is 8.11.